The molecule has 0 saturated heterocycles. The van der Waals surface area contributed by atoms with Crippen LogP contribution in [0.1, 0.15) is 17.0 Å². The highest BCUT2D eigenvalue weighted by atomic mass is 79.9. The smallest absolute Gasteiger partial charge is 0.159 e. The van der Waals surface area contributed by atoms with Crippen LogP contribution in [0.5, 0.6) is 0 Å². The third-order valence-electron chi connectivity index (χ3n) is 3.03. The van der Waals surface area contributed by atoms with E-state index in [0.717, 1.165) is 16.1 Å². The second kappa shape index (κ2) is 6.26. The van der Waals surface area contributed by atoms with E-state index in [0.29, 0.717) is 12.0 Å². The van der Waals surface area contributed by atoms with Gasteiger partial charge in [0.1, 0.15) is 0 Å². The summed E-state index contributed by atoms with van der Waals surface area (Å²) in [5, 5.41) is 9.45. The van der Waals surface area contributed by atoms with Crippen LogP contribution in [0, 0.1) is 11.6 Å². The summed E-state index contributed by atoms with van der Waals surface area (Å²) in [6, 6.07) is 11.4. The van der Waals surface area contributed by atoms with E-state index in [1.165, 1.54) is 6.07 Å². The topological polar surface area (TPSA) is 20.2 Å². The quantitative estimate of drug-likeness (QED) is 0.898. The second-order valence-electron chi connectivity index (χ2n) is 4.38. The van der Waals surface area contributed by atoms with Crippen LogP contribution in [0.3, 0.4) is 0 Å². The molecule has 2 aromatic carbocycles. The predicted molar refractivity (Wildman–Crippen MR) is 74.0 cm³/mol. The van der Waals surface area contributed by atoms with E-state index in [-0.39, 0.29) is 12.5 Å². The van der Waals surface area contributed by atoms with Crippen molar-refractivity contribution in [1.82, 2.24) is 0 Å². The zero-order chi connectivity index (χ0) is 13.8. The zero-order valence-corrected chi connectivity index (χ0v) is 11.7. The van der Waals surface area contributed by atoms with Gasteiger partial charge in [-0.25, -0.2) is 8.78 Å². The first-order valence-corrected chi connectivity index (χ1v) is 6.69. The van der Waals surface area contributed by atoms with Gasteiger partial charge in [-0.3, -0.25) is 0 Å². The predicted octanol–water partition coefficient (Wildman–Crippen LogP) is 4.05. The fraction of sp³-hybridized carbons (Fsp3) is 0.200. The molecule has 19 heavy (non-hydrogen) atoms. The second-order valence-corrected chi connectivity index (χ2v) is 5.30. The summed E-state index contributed by atoms with van der Waals surface area (Å²) in [5.74, 6) is -1.84. The molecule has 1 atom stereocenters. The van der Waals surface area contributed by atoms with Gasteiger partial charge in [0.2, 0.25) is 0 Å². The summed E-state index contributed by atoms with van der Waals surface area (Å²) >= 11 is 3.35. The van der Waals surface area contributed by atoms with Crippen molar-refractivity contribution in [3.8, 4) is 0 Å². The Morgan fingerprint density at radius 2 is 1.68 bits per heavy atom. The van der Waals surface area contributed by atoms with Gasteiger partial charge >= 0.3 is 0 Å². The van der Waals surface area contributed by atoms with Crippen LogP contribution < -0.4 is 0 Å². The maximum atomic E-state index is 13.1. The molecule has 0 heterocycles. The molecule has 2 aromatic rings. The van der Waals surface area contributed by atoms with Gasteiger partial charge in [0, 0.05) is 10.4 Å². The minimum Gasteiger partial charge on any atom is -0.396 e. The SMILES string of the molecule is OCC(Cc1ccc(F)c(F)c1)c1ccc(Br)cc1. The number of rotatable bonds is 4. The van der Waals surface area contributed by atoms with Gasteiger partial charge in [-0.2, -0.15) is 0 Å². The minimum absolute atomic E-state index is 0.0410. The van der Waals surface area contributed by atoms with Gasteiger partial charge in [-0.1, -0.05) is 34.1 Å². The highest BCUT2D eigenvalue weighted by Crippen LogP contribution is 2.23. The number of hydrogen-bond donors (Lipinski definition) is 1. The molecular formula is C15H13BrF2O. The van der Waals surface area contributed by atoms with E-state index in [2.05, 4.69) is 15.9 Å². The molecule has 0 amide bonds. The summed E-state index contributed by atoms with van der Waals surface area (Å²) in [6.45, 7) is -0.0410. The molecular weight excluding hydrogens is 314 g/mol. The lowest BCUT2D eigenvalue weighted by Gasteiger charge is -2.15. The lowest BCUT2D eigenvalue weighted by Crippen LogP contribution is -2.08. The van der Waals surface area contributed by atoms with Crippen molar-refractivity contribution in [2.45, 2.75) is 12.3 Å². The van der Waals surface area contributed by atoms with E-state index < -0.39 is 11.6 Å². The van der Waals surface area contributed by atoms with Crippen molar-refractivity contribution in [3.05, 3.63) is 69.7 Å². The van der Waals surface area contributed by atoms with E-state index >= 15 is 0 Å². The van der Waals surface area contributed by atoms with Crippen LogP contribution in [0.25, 0.3) is 0 Å². The average molecular weight is 327 g/mol. The summed E-state index contributed by atoms with van der Waals surface area (Å²) in [6.07, 6.45) is 0.468. The molecule has 1 unspecified atom stereocenters. The normalized spacial score (nSPS) is 12.4. The van der Waals surface area contributed by atoms with Gasteiger partial charge in [-0.05, 0) is 41.8 Å². The van der Waals surface area contributed by atoms with E-state index in [9.17, 15) is 13.9 Å². The molecule has 4 heteroatoms. The number of aliphatic hydroxyl groups excluding tert-OH is 1. The number of aliphatic hydroxyl groups is 1. The monoisotopic (exact) mass is 326 g/mol. The maximum absolute atomic E-state index is 13.1. The highest BCUT2D eigenvalue weighted by molar-refractivity contribution is 9.10. The zero-order valence-electron chi connectivity index (χ0n) is 10.1. The molecule has 0 radical (unpaired) electrons. The van der Waals surface area contributed by atoms with Crippen molar-refractivity contribution in [2.24, 2.45) is 0 Å². The Morgan fingerprint density at radius 3 is 2.26 bits per heavy atom. The third-order valence-corrected chi connectivity index (χ3v) is 3.56. The highest BCUT2D eigenvalue weighted by Gasteiger charge is 2.12. The van der Waals surface area contributed by atoms with Crippen molar-refractivity contribution in [1.29, 1.82) is 0 Å². The van der Waals surface area contributed by atoms with Gasteiger partial charge in [-0.15, -0.1) is 0 Å². The largest absolute Gasteiger partial charge is 0.396 e. The van der Waals surface area contributed by atoms with Crippen molar-refractivity contribution < 1.29 is 13.9 Å². The Kier molecular flexibility index (Phi) is 4.66. The third kappa shape index (κ3) is 3.61. The lowest BCUT2D eigenvalue weighted by molar-refractivity contribution is 0.264. The molecule has 0 spiro atoms. The number of benzene rings is 2. The molecule has 0 saturated carbocycles. The molecule has 1 nitrogen and oxygen atoms in total. The standard InChI is InChI=1S/C15H13BrF2O/c16-13-4-2-11(3-5-13)12(9-19)7-10-1-6-14(17)15(18)8-10/h1-6,8,12,19H,7,9H2. The van der Waals surface area contributed by atoms with Crippen LogP contribution in [-0.2, 0) is 6.42 Å². The fourth-order valence-corrected chi connectivity index (χ4v) is 2.24. The van der Waals surface area contributed by atoms with Gasteiger partial charge in [0.15, 0.2) is 11.6 Å². The molecule has 0 aliphatic carbocycles. The first-order valence-electron chi connectivity index (χ1n) is 5.90. The number of halogens is 3. The Labute approximate surface area is 119 Å². The molecule has 2 rings (SSSR count). The Bertz CT molecular complexity index is 555. The van der Waals surface area contributed by atoms with Gasteiger partial charge < -0.3 is 5.11 Å². The first kappa shape index (κ1) is 14.2. The first-order chi connectivity index (χ1) is 9.10. The lowest BCUT2D eigenvalue weighted by atomic mass is 9.93. The van der Waals surface area contributed by atoms with E-state index in [1.807, 2.05) is 24.3 Å². The molecule has 0 aromatic heterocycles. The molecule has 100 valence electrons. The molecule has 0 bridgehead atoms. The van der Waals surface area contributed by atoms with Gasteiger partial charge in [0.05, 0.1) is 6.61 Å². The maximum Gasteiger partial charge on any atom is 0.159 e. The molecule has 0 aliphatic heterocycles. The molecule has 1 N–H and O–H groups in total. The molecule has 0 fully saturated rings. The van der Waals surface area contributed by atoms with Crippen molar-refractivity contribution >= 4 is 15.9 Å². The fourth-order valence-electron chi connectivity index (χ4n) is 1.97. The van der Waals surface area contributed by atoms with E-state index in [4.69, 9.17) is 0 Å². The van der Waals surface area contributed by atoms with Crippen LogP contribution in [0.4, 0.5) is 8.78 Å². The summed E-state index contributed by atoms with van der Waals surface area (Å²) in [4.78, 5) is 0. The van der Waals surface area contributed by atoms with Crippen molar-refractivity contribution in [2.75, 3.05) is 6.61 Å². The Balaban J connectivity index is 2.18. The van der Waals surface area contributed by atoms with Crippen LogP contribution in [0.15, 0.2) is 46.9 Å². The van der Waals surface area contributed by atoms with Crippen LogP contribution in [0.2, 0.25) is 0 Å². The van der Waals surface area contributed by atoms with Crippen molar-refractivity contribution in [3.63, 3.8) is 0 Å². The Morgan fingerprint density at radius 1 is 1.00 bits per heavy atom. The molecule has 0 aliphatic rings. The number of hydrogen-bond acceptors (Lipinski definition) is 1. The van der Waals surface area contributed by atoms with Crippen LogP contribution in [-0.4, -0.2) is 11.7 Å². The van der Waals surface area contributed by atoms with Crippen LogP contribution >= 0.6 is 15.9 Å². The summed E-state index contributed by atoms with van der Waals surface area (Å²) in [7, 11) is 0. The average Bonchev–Trinajstić information content (AvgIpc) is 2.41. The Hall–Kier alpha value is -1.26. The minimum atomic E-state index is -0.856. The summed E-state index contributed by atoms with van der Waals surface area (Å²) < 4.78 is 27.0. The summed E-state index contributed by atoms with van der Waals surface area (Å²) in [5.41, 5.74) is 1.64. The van der Waals surface area contributed by atoms with Gasteiger partial charge in [0.25, 0.3) is 0 Å². The van der Waals surface area contributed by atoms with E-state index in [1.54, 1.807) is 6.07 Å².